The normalized spacial score (nSPS) is 15.6. The third-order valence-corrected chi connectivity index (χ3v) is 4.49. The number of amides is 1. The van der Waals surface area contributed by atoms with E-state index in [0.29, 0.717) is 6.10 Å². The molecule has 4 heteroatoms. The van der Waals surface area contributed by atoms with Gasteiger partial charge in [-0.15, -0.1) is 0 Å². The molecule has 0 heterocycles. The topological polar surface area (TPSA) is 47.6 Å². The van der Waals surface area contributed by atoms with E-state index in [9.17, 15) is 4.79 Å². The maximum absolute atomic E-state index is 12.3. The third-order valence-electron chi connectivity index (χ3n) is 4.49. The van der Waals surface area contributed by atoms with Gasteiger partial charge in [-0.1, -0.05) is 18.2 Å². The first kappa shape index (κ1) is 17.3. The maximum Gasteiger partial charge on any atom is 0.265 e. The molecule has 0 unspecified atom stereocenters. The molecule has 25 heavy (non-hydrogen) atoms. The molecule has 2 aromatic rings. The molecule has 1 aliphatic rings. The smallest absolute Gasteiger partial charge is 0.265 e. The lowest BCUT2D eigenvalue weighted by molar-refractivity contribution is -0.122. The Bertz CT molecular complexity index is 705. The zero-order chi connectivity index (χ0) is 17.6. The summed E-state index contributed by atoms with van der Waals surface area (Å²) in [7, 11) is 0. The van der Waals surface area contributed by atoms with Crippen LogP contribution in [0.5, 0.6) is 11.5 Å². The van der Waals surface area contributed by atoms with Crippen molar-refractivity contribution in [3.63, 3.8) is 0 Å². The molecule has 0 aromatic heterocycles. The van der Waals surface area contributed by atoms with Crippen LogP contribution in [0.25, 0.3) is 0 Å². The molecular weight excluding hydrogens is 314 g/mol. The molecular formula is C21H25NO3. The van der Waals surface area contributed by atoms with Gasteiger partial charge in [-0.25, -0.2) is 0 Å². The summed E-state index contributed by atoms with van der Waals surface area (Å²) in [5, 5.41) is 2.88. The number of anilines is 1. The van der Waals surface area contributed by atoms with E-state index >= 15 is 0 Å². The SMILES string of the molecule is Cc1ccccc1O[C@H](C)C(=O)Nc1ccc(OC2CCCC2)cc1. The second kappa shape index (κ2) is 8.06. The van der Waals surface area contributed by atoms with Gasteiger partial charge in [-0.2, -0.15) is 0 Å². The van der Waals surface area contributed by atoms with Crippen molar-refractivity contribution in [1.29, 1.82) is 0 Å². The fraction of sp³-hybridized carbons (Fsp3) is 0.381. The van der Waals surface area contributed by atoms with Crippen molar-refractivity contribution in [2.24, 2.45) is 0 Å². The second-order valence-corrected chi connectivity index (χ2v) is 6.56. The van der Waals surface area contributed by atoms with E-state index in [0.717, 1.165) is 35.6 Å². The zero-order valence-corrected chi connectivity index (χ0v) is 14.8. The van der Waals surface area contributed by atoms with Gasteiger partial charge < -0.3 is 14.8 Å². The predicted octanol–water partition coefficient (Wildman–Crippen LogP) is 4.72. The molecule has 0 saturated heterocycles. The Morgan fingerprint density at radius 2 is 1.76 bits per heavy atom. The number of hydrogen-bond acceptors (Lipinski definition) is 3. The fourth-order valence-corrected chi connectivity index (χ4v) is 2.99. The molecule has 1 fully saturated rings. The molecule has 1 N–H and O–H groups in total. The quantitative estimate of drug-likeness (QED) is 0.828. The average Bonchev–Trinajstić information content (AvgIpc) is 3.11. The lowest BCUT2D eigenvalue weighted by Crippen LogP contribution is -2.30. The van der Waals surface area contributed by atoms with Crippen LogP contribution in [0.2, 0.25) is 0 Å². The summed E-state index contributed by atoms with van der Waals surface area (Å²) in [5.41, 5.74) is 1.75. The highest BCUT2D eigenvalue weighted by Gasteiger charge is 2.17. The number of hydrogen-bond donors (Lipinski definition) is 1. The number of nitrogens with one attached hydrogen (secondary N) is 1. The van der Waals surface area contributed by atoms with Crippen LogP contribution in [0.1, 0.15) is 38.2 Å². The van der Waals surface area contributed by atoms with Crippen LogP contribution < -0.4 is 14.8 Å². The van der Waals surface area contributed by atoms with Crippen molar-refractivity contribution in [2.75, 3.05) is 5.32 Å². The first-order chi connectivity index (χ1) is 12.1. The Morgan fingerprint density at radius 1 is 1.08 bits per heavy atom. The number of aryl methyl sites for hydroxylation is 1. The Kier molecular flexibility index (Phi) is 5.59. The molecule has 2 aromatic carbocycles. The van der Waals surface area contributed by atoms with Crippen molar-refractivity contribution in [2.45, 2.75) is 51.7 Å². The number of para-hydroxylation sites is 1. The van der Waals surface area contributed by atoms with Crippen LogP contribution in [0, 0.1) is 6.92 Å². The second-order valence-electron chi connectivity index (χ2n) is 6.56. The lowest BCUT2D eigenvalue weighted by Gasteiger charge is -2.17. The Hall–Kier alpha value is -2.49. The molecule has 1 aliphatic carbocycles. The van der Waals surface area contributed by atoms with Gasteiger partial charge in [0.1, 0.15) is 11.5 Å². The van der Waals surface area contributed by atoms with Gasteiger partial charge in [0, 0.05) is 5.69 Å². The van der Waals surface area contributed by atoms with Crippen LogP contribution in [0.3, 0.4) is 0 Å². The molecule has 0 radical (unpaired) electrons. The van der Waals surface area contributed by atoms with Gasteiger partial charge in [0.2, 0.25) is 0 Å². The molecule has 3 rings (SSSR count). The number of benzene rings is 2. The van der Waals surface area contributed by atoms with Gasteiger partial charge in [0.25, 0.3) is 5.91 Å². The summed E-state index contributed by atoms with van der Waals surface area (Å²) in [6, 6.07) is 15.2. The van der Waals surface area contributed by atoms with Gasteiger partial charge in [-0.3, -0.25) is 4.79 Å². The average molecular weight is 339 g/mol. The predicted molar refractivity (Wildman–Crippen MR) is 99.2 cm³/mol. The van der Waals surface area contributed by atoms with E-state index in [1.807, 2.05) is 55.5 Å². The van der Waals surface area contributed by atoms with Gasteiger partial charge >= 0.3 is 0 Å². The van der Waals surface area contributed by atoms with Crippen LogP contribution in [-0.4, -0.2) is 18.1 Å². The molecule has 1 amide bonds. The zero-order valence-electron chi connectivity index (χ0n) is 14.8. The molecule has 1 atom stereocenters. The molecule has 0 aliphatic heterocycles. The number of rotatable bonds is 6. The molecule has 4 nitrogen and oxygen atoms in total. The van der Waals surface area contributed by atoms with Gasteiger partial charge in [0.05, 0.1) is 6.10 Å². The first-order valence-corrected chi connectivity index (χ1v) is 8.92. The number of carbonyl (C=O) groups is 1. The maximum atomic E-state index is 12.3. The van der Waals surface area contributed by atoms with Gasteiger partial charge in [0.15, 0.2) is 6.10 Å². The monoisotopic (exact) mass is 339 g/mol. The third kappa shape index (κ3) is 4.75. The molecule has 1 saturated carbocycles. The highest BCUT2D eigenvalue weighted by Crippen LogP contribution is 2.25. The van der Waals surface area contributed by atoms with E-state index in [-0.39, 0.29) is 5.91 Å². The van der Waals surface area contributed by atoms with Crippen molar-refractivity contribution < 1.29 is 14.3 Å². The summed E-state index contributed by atoms with van der Waals surface area (Å²) >= 11 is 0. The van der Waals surface area contributed by atoms with E-state index in [4.69, 9.17) is 9.47 Å². The Balaban J connectivity index is 1.54. The van der Waals surface area contributed by atoms with E-state index in [1.54, 1.807) is 6.92 Å². The number of carbonyl (C=O) groups excluding carboxylic acids is 1. The lowest BCUT2D eigenvalue weighted by atomic mass is 10.2. The van der Waals surface area contributed by atoms with Gasteiger partial charge in [-0.05, 0) is 75.4 Å². The van der Waals surface area contributed by atoms with E-state index in [2.05, 4.69) is 5.32 Å². The molecule has 132 valence electrons. The summed E-state index contributed by atoms with van der Waals surface area (Å²) in [4.78, 5) is 12.3. The highest BCUT2D eigenvalue weighted by molar-refractivity contribution is 5.94. The van der Waals surface area contributed by atoms with Crippen LogP contribution >= 0.6 is 0 Å². The minimum absolute atomic E-state index is 0.173. The molecule has 0 bridgehead atoms. The minimum Gasteiger partial charge on any atom is -0.490 e. The largest absolute Gasteiger partial charge is 0.490 e. The van der Waals surface area contributed by atoms with Crippen LogP contribution in [0.4, 0.5) is 5.69 Å². The van der Waals surface area contributed by atoms with E-state index < -0.39 is 6.10 Å². The molecule has 0 spiro atoms. The van der Waals surface area contributed by atoms with Crippen molar-refractivity contribution in [1.82, 2.24) is 0 Å². The highest BCUT2D eigenvalue weighted by atomic mass is 16.5. The van der Waals surface area contributed by atoms with Crippen molar-refractivity contribution in [3.8, 4) is 11.5 Å². The summed E-state index contributed by atoms with van der Waals surface area (Å²) in [5.74, 6) is 1.41. The standard InChI is InChI=1S/C21H25NO3/c1-15-7-3-6-10-20(15)24-16(2)21(23)22-17-11-13-19(14-12-17)25-18-8-4-5-9-18/h3,6-7,10-14,16,18H,4-5,8-9H2,1-2H3,(H,22,23)/t16-/m1/s1. The fourth-order valence-electron chi connectivity index (χ4n) is 2.99. The van der Waals surface area contributed by atoms with Crippen molar-refractivity contribution >= 4 is 11.6 Å². The number of ether oxygens (including phenoxy) is 2. The van der Waals surface area contributed by atoms with Crippen molar-refractivity contribution in [3.05, 3.63) is 54.1 Å². The summed E-state index contributed by atoms with van der Waals surface area (Å²) < 4.78 is 11.7. The van der Waals surface area contributed by atoms with E-state index in [1.165, 1.54) is 12.8 Å². The van der Waals surface area contributed by atoms with Crippen LogP contribution in [-0.2, 0) is 4.79 Å². The Labute approximate surface area is 149 Å². The first-order valence-electron chi connectivity index (χ1n) is 8.92. The minimum atomic E-state index is -0.574. The summed E-state index contributed by atoms with van der Waals surface area (Å²) in [6.45, 7) is 3.71. The Morgan fingerprint density at radius 3 is 2.44 bits per heavy atom. The van der Waals surface area contributed by atoms with Crippen LogP contribution in [0.15, 0.2) is 48.5 Å². The summed E-state index contributed by atoms with van der Waals surface area (Å²) in [6.07, 6.45) is 4.52.